The molecule has 0 unspecified atom stereocenters. The van der Waals surface area contributed by atoms with Crippen molar-refractivity contribution in [3.63, 3.8) is 0 Å². The summed E-state index contributed by atoms with van der Waals surface area (Å²) < 4.78 is 38.3. The number of aromatic amines is 2. The van der Waals surface area contributed by atoms with E-state index in [2.05, 4.69) is 26.2 Å². The Hall–Kier alpha value is -1.90. The molecular formula is C10H6BrF3N4O. The molecule has 1 aromatic carbocycles. The van der Waals surface area contributed by atoms with E-state index >= 15 is 0 Å². The molecule has 0 fully saturated rings. The summed E-state index contributed by atoms with van der Waals surface area (Å²) >= 11 is 3.17. The number of H-pyrrole nitrogens is 2. The first-order valence-electron chi connectivity index (χ1n) is 4.93. The Kier molecular flexibility index (Phi) is 3.56. The van der Waals surface area contributed by atoms with Crippen LogP contribution >= 0.6 is 15.9 Å². The largest absolute Gasteiger partial charge is 0.435 e. The Morgan fingerprint density at radius 3 is 2.42 bits per heavy atom. The maximum absolute atomic E-state index is 12.6. The Morgan fingerprint density at radius 2 is 1.79 bits per heavy atom. The van der Waals surface area contributed by atoms with E-state index in [0.29, 0.717) is 10.2 Å². The zero-order chi connectivity index (χ0) is 14.0. The van der Waals surface area contributed by atoms with E-state index in [4.69, 9.17) is 0 Å². The summed E-state index contributed by atoms with van der Waals surface area (Å²) in [5, 5.41) is 10.6. The van der Waals surface area contributed by atoms with Crippen LogP contribution in [0.3, 0.4) is 0 Å². The lowest BCUT2D eigenvalue weighted by Gasteiger charge is -2.02. The van der Waals surface area contributed by atoms with Crippen molar-refractivity contribution in [1.82, 2.24) is 10.2 Å². The smallest absolute Gasteiger partial charge is 0.292 e. The van der Waals surface area contributed by atoms with E-state index < -0.39 is 23.1 Å². The zero-order valence-corrected chi connectivity index (χ0v) is 10.7. The van der Waals surface area contributed by atoms with Crippen LogP contribution in [0.4, 0.5) is 24.5 Å². The van der Waals surface area contributed by atoms with Gasteiger partial charge in [0.25, 0.3) is 5.56 Å². The van der Waals surface area contributed by atoms with Gasteiger partial charge in [-0.25, -0.2) is 0 Å². The van der Waals surface area contributed by atoms with Crippen LogP contribution in [0.5, 0.6) is 0 Å². The van der Waals surface area contributed by atoms with Gasteiger partial charge in [0.1, 0.15) is 0 Å². The van der Waals surface area contributed by atoms with E-state index in [1.807, 2.05) is 5.10 Å². The average Bonchev–Trinajstić information content (AvgIpc) is 2.69. The van der Waals surface area contributed by atoms with Gasteiger partial charge in [0.05, 0.1) is 5.69 Å². The number of hydrogen-bond donors (Lipinski definition) is 2. The Morgan fingerprint density at radius 1 is 1.11 bits per heavy atom. The number of rotatable bonds is 2. The highest BCUT2D eigenvalue weighted by Gasteiger charge is 2.37. The molecule has 1 aromatic heterocycles. The number of alkyl halides is 3. The molecule has 0 saturated carbocycles. The lowest BCUT2D eigenvalue weighted by molar-refractivity contribution is -0.140. The molecule has 0 aliphatic carbocycles. The minimum Gasteiger partial charge on any atom is -0.292 e. The van der Waals surface area contributed by atoms with Crippen molar-refractivity contribution < 1.29 is 13.2 Å². The van der Waals surface area contributed by atoms with Gasteiger partial charge in [-0.15, -0.1) is 10.2 Å². The van der Waals surface area contributed by atoms with E-state index in [9.17, 15) is 18.0 Å². The summed E-state index contributed by atoms with van der Waals surface area (Å²) in [7, 11) is 0. The molecule has 0 radical (unpaired) electrons. The molecular weight excluding hydrogens is 329 g/mol. The van der Waals surface area contributed by atoms with Crippen molar-refractivity contribution >= 4 is 27.3 Å². The Labute approximate surface area is 112 Å². The second kappa shape index (κ2) is 5.00. The van der Waals surface area contributed by atoms with Crippen LogP contribution in [0.25, 0.3) is 0 Å². The monoisotopic (exact) mass is 334 g/mol. The van der Waals surface area contributed by atoms with E-state index in [1.165, 1.54) is 0 Å². The third-order valence-electron chi connectivity index (χ3n) is 2.15. The number of azo groups is 1. The maximum atomic E-state index is 12.6. The van der Waals surface area contributed by atoms with Crippen LogP contribution < -0.4 is 5.56 Å². The van der Waals surface area contributed by atoms with E-state index in [1.54, 1.807) is 29.4 Å². The standard InChI is InChI=1S/C10H6BrF3N4O/c11-5-3-1-2-4-6(5)15-16-7-8(10(12,13)14)17-18-9(7)19/h1-4H,(H2,17,18,19). The SMILES string of the molecule is O=c1[nH][nH]c(C(F)(F)F)c1N=Nc1ccccc1Br. The molecule has 0 aliphatic rings. The molecule has 9 heteroatoms. The predicted octanol–water partition coefficient (Wildman–Crippen LogP) is 3.90. The van der Waals surface area contributed by atoms with Crippen LogP contribution in [-0.2, 0) is 6.18 Å². The molecule has 1 heterocycles. The first kappa shape index (κ1) is 13.5. The van der Waals surface area contributed by atoms with Crippen molar-refractivity contribution in [2.75, 3.05) is 0 Å². The minimum absolute atomic E-state index is 0.316. The Bertz CT molecular complexity index is 674. The van der Waals surface area contributed by atoms with Crippen molar-refractivity contribution in [2.24, 2.45) is 10.2 Å². The van der Waals surface area contributed by atoms with Crippen molar-refractivity contribution in [1.29, 1.82) is 0 Å². The Balaban J connectivity index is 2.42. The summed E-state index contributed by atoms with van der Waals surface area (Å²) in [6, 6.07) is 6.56. The van der Waals surface area contributed by atoms with Gasteiger partial charge in [-0.3, -0.25) is 15.0 Å². The molecule has 0 atom stereocenters. The highest BCUT2D eigenvalue weighted by atomic mass is 79.9. The topological polar surface area (TPSA) is 73.4 Å². The second-order valence-corrected chi connectivity index (χ2v) is 4.31. The number of hydrogen-bond acceptors (Lipinski definition) is 3. The summed E-state index contributed by atoms with van der Waals surface area (Å²) in [5.74, 6) is 0. The first-order valence-corrected chi connectivity index (χ1v) is 5.73. The van der Waals surface area contributed by atoms with Gasteiger partial charge in [0.15, 0.2) is 11.4 Å². The zero-order valence-electron chi connectivity index (χ0n) is 9.12. The normalized spacial score (nSPS) is 12.2. The van der Waals surface area contributed by atoms with Crippen molar-refractivity contribution in [3.05, 3.63) is 44.8 Å². The number of aromatic nitrogens is 2. The van der Waals surface area contributed by atoms with Crippen LogP contribution in [0.15, 0.2) is 43.8 Å². The van der Waals surface area contributed by atoms with Gasteiger partial charge in [-0.1, -0.05) is 12.1 Å². The van der Waals surface area contributed by atoms with Crippen LogP contribution in [0.2, 0.25) is 0 Å². The first-order chi connectivity index (χ1) is 8.89. The van der Waals surface area contributed by atoms with Gasteiger partial charge < -0.3 is 0 Å². The van der Waals surface area contributed by atoms with Crippen LogP contribution in [0, 0.1) is 0 Å². The lowest BCUT2D eigenvalue weighted by atomic mass is 10.3. The van der Waals surface area contributed by atoms with Crippen molar-refractivity contribution in [2.45, 2.75) is 6.18 Å². The lowest BCUT2D eigenvalue weighted by Crippen LogP contribution is -2.06. The molecule has 2 N–H and O–H groups in total. The molecule has 2 aromatic rings. The van der Waals surface area contributed by atoms with Crippen LogP contribution in [-0.4, -0.2) is 10.2 Å². The molecule has 0 spiro atoms. The molecule has 0 amide bonds. The van der Waals surface area contributed by atoms with Gasteiger partial charge in [0.2, 0.25) is 0 Å². The number of benzene rings is 1. The third kappa shape index (κ3) is 2.92. The van der Waals surface area contributed by atoms with Gasteiger partial charge in [-0.05, 0) is 28.1 Å². The van der Waals surface area contributed by atoms with E-state index in [0.717, 1.165) is 0 Å². The number of halogens is 4. The molecule has 19 heavy (non-hydrogen) atoms. The van der Waals surface area contributed by atoms with Crippen molar-refractivity contribution in [3.8, 4) is 0 Å². The molecule has 100 valence electrons. The maximum Gasteiger partial charge on any atom is 0.435 e. The summed E-state index contributed by atoms with van der Waals surface area (Å²) in [5.41, 5.74) is -2.73. The highest BCUT2D eigenvalue weighted by molar-refractivity contribution is 9.10. The predicted molar refractivity (Wildman–Crippen MR) is 64.7 cm³/mol. The molecule has 5 nitrogen and oxygen atoms in total. The van der Waals surface area contributed by atoms with E-state index in [-0.39, 0.29) is 0 Å². The molecule has 0 bridgehead atoms. The van der Waals surface area contributed by atoms with Crippen LogP contribution in [0.1, 0.15) is 5.69 Å². The number of nitrogens with one attached hydrogen (secondary N) is 2. The molecule has 2 rings (SSSR count). The summed E-state index contributed by atoms with van der Waals surface area (Å²) in [6.07, 6.45) is -4.71. The fourth-order valence-electron chi connectivity index (χ4n) is 1.29. The average molecular weight is 335 g/mol. The second-order valence-electron chi connectivity index (χ2n) is 3.45. The van der Waals surface area contributed by atoms with Gasteiger partial charge in [-0.2, -0.15) is 13.2 Å². The molecule has 0 saturated heterocycles. The molecule has 0 aliphatic heterocycles. The quantitative estimate of drug-likeness (QED) is 0.803. The fourth-order valence-corrected chi connectivity index (χ4v) is 1.65. The number of nitrogens with zero attached hydrogens (tertiary/aromatic N) is 2. The highest BCUT2D eigenvalue weighted by Crippen LogP contribution is 2.33. The third-order valence-corrected chi connectivity index (χ3v) is 2.82. The van der Waals surface area contributed by atoms with Gasteiger partial charge >= 0.3 is 6.18 Å². The fraction of sp³-hybridized carbons (Fsp3) is 0.100. The summed E-state index contributed by atoms with van der Waals surface area (Å²) in [4.78, 5) is 11.2. The summed E-state index contributed by atoms with van der Waals surface area (Å²) in [6.45, 7) is 0. The van der Waals surface area contributed by atoms with Gasteiger partial charge in [0, 0.05) is 4.47 Å². The minimum atomic E-state index is -4.71.